The Morgan fingerprint density at radius 3 is 2.69 bits per heavy atom. The highest BCUT2D eigenvalue weighted by molar-refractivity contribution is 5.83. The van der Waals surface area contributed by atoms with Crippen molar-refractivity contribution in [2.24, 2.45) is 17.1 Å². The second-order valence-corrected chi connectivity index (χ2v) is 5.13. The van der Waals surface area contributed by atoms with Gasteiger partial charge in [0.25, 0.3) is 0 Å². The molecule has 0 aromatic rings. The number of likely N-dealkylation sites (tertiary alicyclic amines) is 1. The number of hydrogen-bond acceptors (Lipinski definition) is 3. The van der Waals surface area contributed by atoms with E-state index in [1.54, 1.807) is 0 Å². The Kier molecular flexibility index (Phi) is 4.33. The van der Waals surface area contributed by atoms with Gasteiger partial charge in [-0.3, -0.25) is 4.79 Å². The number of aliphatic hydroxyl groups excluding tert-OH is 1. The number of hydrogen-bond donors (Lipinski definition) is 2. The second kappa shape index (κ2) is 5.15. The maximum Gasteiger partial charge on any atom is 0.230 e. The van der Waals surface area contributed by atoms with Crippen LogP contribution in [0, 0.1) is 11.3 Å². The van der Waals surface area contributed by atoms with Crippen LogP contribution in [0.5, 0.6) is 0 Å². The molecule has 1 amide bonds. The molecule has 0 aliphatic carbocycles. The van der Waals surface area contributed by atoms with E-state index < -0.39 is 5.41 Å². The van der Waals surface area contributed by atoms with Crippen molar-refractivity contribution in [1.29, 1.82) is 0 Å². The summed E-state index contributed by atoms with van der Waals surface area (Å²) in [6.45, 7) is 7.15. The Balaban J connectivity index is 2.81. The molecule has 0 spiro atoms. The van der Waals surface area contributed by atoms with Crippen LogP contribution in [-0.2, 0) is 4.79 Å². The predicted octanol–water partition coefficient (Wildman–Crippen LogP) is 0.591. The van der Waals surface area contributed by atoms with E-state index in [-0.39, 0.29) is 18.6 Å². The fourth-order valence-corrected chi connectivity index (χ4v) is 2.27. The molecule has 1 fully saturated rings. The van der Waals surface area contributed by atoms with E-state index in [9.17, 15) is 9.90 Å². The first-order valence-electron chi connectivity index (χ1n) is 6.12. The summed E-state index contributed by atoms with van der Waals surface area (Å²) < 4.78 is 0. The molecule has 1 rings (SSSR count). The van der Waals surface area contributed by atoms with Crippen LogP contribution in [0.15, 0.2) is 0 Å². The van der Waals surface area contributed by atoms with Gasteiger partial charge in [-0.15, -0.1) is 0 Å². The van der Waals surface area contributed by atoms with E-state index in [1.807, 2.05) is 18.7 Å². The average Bonchev–Trinajstić information content (AvgIpc) is 2.68. The highest BCUT2D eigenvalue weighted by atomic mass is 16.3. The van der Waals surface area contributed by atoms with E-state index in [0.717, 1.165) is 19.4 Å². The van der Waals surface area contributed by atoms with E-state index >= 15 is 0 Å². The molecular formula is C12H24N2O2. The molecule has 3 unspecified atom stereocenters. The van der Waals surface area contributed by atoms with Crippen LogP contribution < -0.4 is 5.73 Å². The Morgan fingerprint density at radius 1 is 1.62 bits per heavy atom. The summed E-state index contributed by atoms with van der Waals surface area (Å²) in [6, 6.07) is -0.0232. The lowest BCUT2D eigenvalue weighted by Crippen LogP contribution is -2.49. The zero-order chi connectivity index (χ0) is 12.3. The third-order valence-corrected chi connectivity index (χ3v) is 4.08. The molecule has 0 radical (unpaired) electrons. The molecule has 4 heteroatoms. The van der Waals surface area contributed by atoms with Gasteiger partial charge in [-0.1, -0.05) is 13.8 Å². The molecular weight excluding hydrogens is 204 g/mol. The van der Waals surface area contributed by atoms with Gasteiger partial charge >= 0.3 is 0 Å². The van der Waals surface area contributed by atoms with Crippen molar-refractivity contribution < 1.29 is 9.90 Å². The third kappa shape index (κ3) is 2.23. The van der Waals surface area contributed by atoms with Crippen LogP contribution in [0.3, 0.4) is 0 Å². The number of carbonyl (C=O) groups excluding carboxylic acids is 1. The van der Waals surface area contributed by atoms with Crippen molar-refractivity contribution in [2.75, 3.05) is 19.7 Å². The van der Waals surface area contributed by atoms with Gasteiger partial charge in [-0.05, 0) is 25.7 Å². The zero-order valence-electron chi connectivity index (χ0n) is 10.6. The summed E-state index contributed by atoms with van der Waals surface area (Å²) in [7, 11) is 0. The molecule has 3 N–H and O–H groups in total. The number of carbonyl (C=O) groups is 1. The molecule has 4 nitrogen and oxygen atoms in total. The largest absolute Gasteiger partial charge is 0.394 e. The summed E-state index contributed by atoms with van der Waals surface area (Å²) in [5, 5.41) is 9.34. The van der Waals surface area contributed by atoms with Crippen LogP contribution in [0.4, 0.5) is 0 Å². The molecule has 0 saturated carbocycles. The fraction of sp³-hybridized carbons (Fsp3) is 0.917. The van der Waals surface area contributed by atoms with Crippen molar-refractivity contribution in [1.82, 2.24) is 4.90 Å². The summed E-state index contributed by atoms with van der Waals surface area (Å²) >= 11 is 0. The first-order chi connectivity index (χ1) is 7.50. The Morgan fingerprint density at radius 2 is 2.25 bits per heavy atom. The normalized spacial score (nSPS) is 29.2. The smallest absolute Gasteiger partial charge is 0.230 e. The predicted molar refractivity (Wildman–Crippen MR) is 63.8 cm³/mol. The first-order valence-corrected chi connectivity index (χ1v) is 6.12. The molecule has 94 valence electrons. The van der Waals surface area contributed by atoms with Gasteiger partial charge < -0.3 is 15.7 Å². The molecule has 0 aromatic carbocycles. The van der Waals surface area contributed by atoms with Crippen LogP contribution in [0.1, 0.15) is 33.6 Å². The second-order valence-electron chi connectivity index (χ2n) is 5.13. The lowest BCUT2D eigenvalue weighted by molar-refractivity contribution is -0.143. The lowest BCUT2D eigenvalue weighted by atomic mass is 9.85. The standard InChI is InChI=1S/C12H24N2O2/c1-4-12(3,8-13)11(16)14-6-5-9(2)10(14)7-15/h9-10,15H,4-8,13H2,1-3H3. The lowest BCUT2D eigenvalue weighted by Gasteiger charge is -2.34. The molecule has 1 heterocycles. The summed E-state index contributed by atoms with van der Waals surface area (Å²) in [4.78, 5) is 14.2. The minimum atomic E-state index is -0.475. The van der Waals surface area contributed by atoms with Gasteiger partial charge in [0, 0.05) is 13.1 Å². The van der Waals surface area contributed by atoms with E-state index in [2.05, 4.69) is 6.92 Å². The minimum Gasteiger partial charge on any atom is -0.394 e. The quantitative estimate of drug-likeness (QED) is 0.740. The molecule has 16 heavy (non-hydrogen) atoms. The maximum atomic E-state index is 12.4. The molecule has 1 saturated heterocycles. The van der Waals surface area contributed by atoms with E-state index in [1.165, 1.54) is 0 Å². The average molecular weight is 228 g/mol. The van der Waals surface area contributed by atoms with E-state index in [0.29, 0.717) is 12.5 Å². The van der Waals surface area contributed by atoms with Crippen LogP contribution in [-0.4, -0.2) is 41.7 Å². The maximum absolute atomic E-state index is 12.4. The molecule has 3 atom stereocenters. The monoisotopic (exact) mass is 228 g/mol. The Hall–Kier alpha value is -0.610. The van der Waals surface area contributed by atoms with Crippen LogP contribution >= 0.6 is 0 Å². The van der Waals surface area contributed by atoms with Gasteiger partial charge in [0.1, 0.15) is 0 Å². The van der Waals surface area contributed by atoms with Gasteiger partial charge in [0.05, 0.1) is 18.1 Å². The van der Waals surface area contributed by atoms with Crippen molar-refractivity contribution in [3.05, 3.63) is 0 Å². The zero-order valence-corrected chi connectivity index (χ0v) is 10.6. The van der Waals surface area contributed by atoms with Crippen LogP contribution in [0.25, 0.3) is 0 Å². The van der Waals surface area contributed by atoms with Gasteiger partial charge in [0.2, 0.25) is 5.91 Å². The number of nitrogens with two attached hydrogens (primary N) is 1. The summed E-state index contributed by atoms with van der Waals surface area (Å²) in [5.74, 6) is 0.480. The Labute approximate surface area is 97.8 Å². The van der Waals surface area contributed by atoms with Crippen molar-refractivity contribution >= 4 is 5.91 Å². The SMILES string of the molecule is CCC(C)(CN)C(=O)N1CCC(C)C1CO. The number of nitrogens with zero attached hydrogens (tertiary/aromatic N) is 1. The third-order valence-electron chi connectivity index (χ3n) is 4.08. The van der Waals surface area contributed by atoms with E-state index in [4.69, 9.17) is 5.73 Å². The van der Waals surface area contributed by atoms with Gasteiger partial charge in [-0.2, -0.15) is 0 Å². The number of aliphatic hydroxyl groups is 1. The molecule has 0 bridgehead atoms. The van der Waals surface area contributed by atoms with Gasteiger partial charge in [0.15, 0.2) is 0 Å². The highest BCUT2D eigenvalue weighted by Crippen LogP contribution is 2.30. The summed E-state index contributed by atoms with van der Waals surface area (Å²) in [5.41, 5.74) is 5.22. The van der Waals surface area contributed by atoms with Crippen molar-refractivity contribution in [2.45, 2.75) is 39.7 Å². The molecule has 0 aromatic heterocycles. The highest BCUT2D eigenvalue weighted by Gasteiger charge is 2.41. The van der Waals surface area contributed by atoms with Gasteiger partial charge in [-0.25, -0.2) is 0 Å². The first kappa shape index (κ1) is 13.5. The van der Waals surface area contributed by atoms with Crippen molar-refractivity contribution in [3.63, 3.8) is 0 Å². The topological polar surface area (TPSA) is 66.6 Å². The molecule has 1 aliphatic heterocycles. The molecule has 1 aliphatic rings. The number of amides is 1. The van der Waals surface area contributed by atoms with Crippen LogP contribution in [0.2, 0.25) is 0 Å². The Bertz CT molecular complexity index is 251. The minimum absolute atomic E-state index is 0.0232. The van der Waals surface area contributed by atoms with Crippen molar-refractivity contribution in [3.8, 4) is 0 Å². The number of rotatable bonds is 4. The fourth-order valence-electron chi connectivity index (χ4n) is 2.27. The summed E-state index contributed by atoms with van der Waals surface area (Å²) in [6.07, 6.45) is 1.71.